The average Bonchev–Trinajstić information content (AvgIpc) is 2.85. The smallest absolute Gasteiger partial charge is 0.387 e. The molecule has 1 saturated heterocycles. The topological polar surface area (TPSA) is 92.8 Å². The minimum atomic E-state index is -3.18. The van der Waals surface area contributed by atoms with Crippen molar-refractivity contribution in [1.29, 1.82) is 0 Å². The molecule has 0 saturated carbocycles. The predicted molar refractivity (Wildman–Crippen MR) is 110 cm³/mol. The van der Waals surface area contributed by atoms with Crippen molar-refractivity contribution in [3.63, 3.8) is 0 Å². The molecular weight excluding hydrogens is 449 g/mol. The summed E-state index contributed by atoms with van der Waals surface area (Å²) in [7, 11) is -3.18. The SMILES string of the molecule is CC1(NC(=O)c2ccc3c(c2)[C@@](C)(F)C(=O)N3c2cccc(OC(F)F)c2)CS(=O)(=O)C1. The van der Waals surface area contributed by atoms with Gasteiger partial charge in [-0.25, -0.2) is 12.8 Å². The van der Waals surface area contributed by atoms with Gasteiger partial charge in [0.05, 0.1) is 28.4 Å². The Kier molecular flexibility index (Phi) is 5.00. The molecule has 0 spiro atoms. The Morgan fingerprint density at radius 1 is 1.16 bits per heavy atom. The normalized spacial score (nSPS) is 22.9. The van der Waals surface area contributed by atoms with Gasteiger partial charge in [-0.1, -0.05) is 6.07 Å². The van der Waals surface area contributed by atoms with Crippen LogP contribution in [0.4, 0.5) is 24.5 Å². The van der Waals surface area contributed by atoms with Gasteiger partial charge < -0.3 is 10.1 Å². The number of benzene rings is 2. The zero-order valence-electron chi connectivity index (χ0n) is 17.1. The van der Waals surface area contributed by atoms with E-state index in [-0.39, 0.29) is 39.8 Å². The highest BCUT2D eigenvalue weighted by molar-refractivity contribution is 7.93. The number of carbonyl (C=O) groups is 2. The first-order valence-electron chi connectivity index (χ1n) is 9.57. The summed E-state index contributed by atoms with van der Waals surface area (Å²) < 4.78 is 67.8. The summed E-state index contributed by atoms with van der Waals surface area (Å²) in [5, 5.41) is 2.64. The molecule has 2 heterocycles. The lowest BCUT2D eigenvalue weighted by Crippen LogP contribution is -2.63. The number of hydrogen-bond donors (Lipinski definition) is 1. The number of amides is 2. The maximum atomic E-state index is 15.5. The summed E-state index contributed by atoms with van der Waals surface area (Å²) >= 11 is 0. The van der Waals surface area contributed by atoms with Crippen LogP contribution in [0.1, 0.15) is 29.8 Å². The zero-order chi connectivity index (χ0) is 23.5. The molecule has 0 bridgehead atoms. The lowest BCUT2D eigenvalue weighted by atomic mass is 9.97. The maximum Gasteiger partial charge on any atom is 0.387 e. The maximum absolute atomic E-state index is 15.5. The number of carbonyl (C=O) groups excluding carboxylic acids is 2. The van der Waals surface area contributed by atoms with Gasteiger partial charge in [0.1, 0.15) is 5.75 Å². The number of rotatable bonds is 5. The fourth-order valence-corrected chi connectivity index (χ4v) is 6.09. The molecule has 0 aromatic heterocycles. The molecule has 4 rings (SSSR count). The Hall–Kier alpha value is -3.08. The molecule has 7 nitrogen and oxygen atoms in total. The number of halogens is 3. The van der Waals surface area contributed by atoms with Crippen molar-refractivity contribution in [1.82, 2.24) is 5.32 Å². The standard InChI is InChI=1S/C21H19F3N2O5S/c1-20(10-32(29,30)11-20)25-17(27)12-6-7-16-15(8-12)21(2,24)18(28)26(16)13-4-3-5-14(9-13)31-19(22)23/h3-9,19H,10-11H2,1-2H3,(H,25,27)/t21-/m1/s1. The molecule has 1 N–H and O–H groups in total. The van der Waals surface area contributed by atoms with Crippen molar-refractivity contribution in [2.24, 2.45) is 0 Å². The summed E-state index contributed by atoms with van der Waals surface area (Å²) in [5.41, 5.74) is -3.12. The molecule has 11 heteroatoms. The highest BCUT2D eigenvalue weighted by Gasteiger charge is 2.50. The van der Waals surface area contributed by atoms with E-state index in [1.165, 1.54) is 42.5 Å². The Morgan fingerprint density at radius 3 is 2.47 bits per heavy atom. The van der Waals surface area contributed by atoms with E-state index in [4.69, 9.17) is 0 Å². The van der Waals surface area contributed by atoms with Crippen molar-refractivity contribution >= 4 is 33.0 Å². The first kappa shape index (κ1) is 22.1. The number of sulfone groups is 1. The summed E-state index contributed by atoms with van der Waals surface area (Å²) in [6, 6.07) is 9.30. The van der Waals surface area contributed by atoms with E-state index in [2.05, 4.69) is 10.1 Å². The summed E-state index contributed by atoms with van der Waals surface area (Å²) in [6.07, 6.45) is 0. The molecule has 2 amide bonds. The Bertz CT molecular complexity index is 1220. The van der Waals surface area contributed by atoms with Gasteiger partial charge in [0, 0.05) is 17.2 Å². The van der Waals surface area contributed by atoms with Crippen LogP contribution in [0.2, 0.25) is 0 Å². The Morgan fingerprint density at radius 2 is 1.84 bits per heavy atom. The summed E-state index contributed by atoms with van der Waals surface area (Å²) in [4.78, 5) is 26.5. The molecule has 1 atom stereocenters. The lowest BCUT2D eigenvalue weighted by Gasteiger charge is -2.38. The number of alkyl halides is 3. The van der Waals surface area contributed by atoms with Crippen molar-refractivity contribution in [2.45, 2.75) is 31.7 Å². The van der Waals surface area contributed by atoms with Crippen LogP contribution in [-0.2, 0) is 20.3 Å². The van der Waals surface area contributed by atoms with Crippen molar-refractivity contribution in [2.75, 3.05) is 16.4 Å². The van der Waals surface area contributed by atoms with Crippen LogP contribution in [0.3, 0.4) is 0 Å². The highest BCUT2D eigenvalue weighted by Crippen LogP contribution is 2.47. The third-order valence-corrected chi connectivity index (χ3v) is 7.56. The molecular formula is C21H19F3N2O5S. The first-order valence-corrected chi connectivity index (χ1v) is 11.4. The van der Waals surface area contributed by atoms with E-state index in [0.717, 1.165) is 11.8 Å². The molecule has 2 aromatic rings. The van der Waals surface area contributed by atoms with Gasteiger partial charge >= 0.3 is 6.61 Å². The minimum Gasteiger partial charge on any atom is -0.435 e. The molecule has 32 heavy (non-hydrogen) atoms. The Labute approximate surface area is 182 Å². The van der Waals surface area contributed by atoms with Gasteiger partial charge in [-0.05, 0) is 44.2 Å². The van der Waals surface area contributed by atoms with Crippen molar-refractivity contribution in [3.8, 4) is 5.75 Å². The molecule has 2 aliphatic rings. The van der Waals surface area contributed by atoms with Crippen LogP contribution in [0, 0.1) is 0 Å². The van der Waals surface area contributed by atoms with Crippen LogP contribution in [0.25, 0.3) is 0 Å². The van der Waals surface area contributed by atoms with Gasteiger partial charge in [0.15, 0.2) is 9.84 Å². The van der Waals surface area contributed by atoms with E-state index < -0.39 is 39.5 Å². The molecule has 170 valence electrons. The van der Waals surface area contributed by atoms with E-state index in [9.17, 15) is 26.8 Å². The van der Waals surface area contributed by atoms with Crippen LogP contribution in [-0.4, -0.2) is 43.9 Å². The zero-order valence-corrected chi connectivity index (χ0v) is 17.9. The lowest BCUT2D eigenvalue weighted by molar-refractivity contribution is -0.127. The fourth-order valence-electron chi connectivity index (χ4n) is 4.08. The fraction of sp³-hybridized carbons (Fsp3) is 0.333. The number of hydrogen-bond acceptors (Lipinski definition) is 5. The third kappa shape index (κ3) is 3.81. The molecule has 0 aliphatic carbocycles. The van der Waals surface area contributed by atoms with Crippen LogP contribution in [0.5, 0.6) is 5.75 Å². The van der Waals surface area contributed by atoms with Crippen LogP contribution in [0.15, 0.2) is 42.5 Å². The second-order valence-electron chi connectivity index (χ2n) is 8.30. The summed E-state index contributed by atoms with van der Waals surface area (Å²) in [6.45, 7) is -0.417. The second kappa shape index (κ2) is 7.22. The van der Waals surface area contributed by atoms with Gasteiger partial charge in [0.25, 0.3) is 11.8 Å². The largest absolute Gasteiger partial charge is 0.435 e. The average molecular weight is 468 g/mol. The monoisotopic (exact) mass is 468 g/mol. The molecule has 1 fully saturated rings. The van der Waals surface area contributed by atoms with E-state index in [0.29, 0.717) is 0 Å². The third-order valence-electron chi connectivity index (χ3n) is 5.40. The van der Waals surface area contributed by atoms with Crippen molar-refractivity contribution in [3.05, 3.63) is 53.6 Å². The van der Waals surface area contributed by atoms with Crippen LogP contribution >= 0.6 is 0 Å². The van der Waals surface area contributed by atoms with Crippen LogP contribution < -0.4 is 15.0 Å². The highest BCUT2D eigenvalue weighted by atomic mass is 32.2. The number of fused-ring (bicyclic) bond motifs is 1. The van der Waals surface area contributed by atoms with Gasteiger partial charge in [0.2, 0.25) is 5.67 Å². The van der Waals surface area contributed by atoms with Crippen molar-refractivity contribution < 1.29 is 35.9 Å². The number of nitrogens with zero attached hydrogens (tertiary/aromatic N) is 1. The first-order chi connectivity index (χ1) is 14.8. The van der Waals surface area contributed by atoms with E-state index >= 15 is 4.39 Å². The van der Waals surface area contributed by atoms with Gasteiger partial charge in [-0.15, -0.1) is 0 Å². The summed E-state index contributed by atoms with van der Waals surface area (Å²) in [5.74, 6) is -2.13. The predicted octanol–water partition coefficient (Wildman–Crippen LogP) is 3.07. The van der Waals surface area contributed by atoms with Gasteiger partial charge in [-0.2, -0.15) is 8.78 Å². The molecule has 2 aliphatic heterocycles. The number of nitrogens with one attached hydrogen (secondary N) is 1. The molecule has 2 aromatic carbocycles. The molecule has 0 radical (unpaired) electrons. The number of ether oxygens (including phenoxy) is 1. The quantitative estimate of drug-likeness (QED) is 0.728. The Balaban J connectivity index is 1.66. The van der Waals surface area contributed by atoms with Gasteiger partial charge in [-0.3, -0.25) is 14.5 Å². The minimum absolute atomic E-state index is 0.0579. The second-order valence-corrected chi connectivity index (χ2v) is 10.4. The number of anilines is 2. The molecule has 0 unspecified atom stereocenters. The van der Waals surface area contributed by atoms with E-state index in [1.54, 1.807) is 6.92 Å². The van der Waals surface area contributed by atoms with E-state index in [1.807, 2.05) is 0 Å².